The fourth-order valence-electron chi connectivity index (χ4n) is 1.39. The van der Waals surface area contributed by atoms with Crippen molar-refractivity contribution in [1.29, 1.82) is 0 Å². The predicted molar refractivity (Wildman–Crippen MR) is 68.0 cm³/mol. The van der Waals surface area contributed by atoms with Crippen LogP contribution in [0.3, 0.4) is 0 Å². The normalized spacial score (nSPS) is 13.3. The molecule has 1 atom stereocenters. The molecule has 0 aromatic heterocycles. The molecule has 0 bridgehead atoms. The molecule has 0 aliphatic rings. The summed E-state index contributed by atoms with van der Waals surface area (Å²) in [6.07, 6.45) is 0. The number of nitrogens with one attached hydrogen (secondary N) is 1. The van der Waals surface area contributed by atoms with Gasteiger partial charge in [0.25, 0.3) is 0 Å². The maximum absolute atomic E-state index is 12.0. The summed E-state index contributed by atoms with van der Waals surface area (Å²) in [4.78, 5) is 0.165. The second kappa shape index (κ2) is 6.69. The summed E-state index contributed by atoms with van der Waals surface area (Å²) in [5, 5.41) is 0. The van der Waals surface area contributed by atoms with Crippen molar-refractivity contribution in [2.75, 3.05) is 27.4 Å². The lowest BCUT2D eigenvalue weighted by Crippen LogP contribution is -2.43. The highest BCUT2D eigenvalue weighted by Gasteiger charge is 2.19. The van der Waals surface area contributed by atoms with Gasteiger partial charge in [0, 0.05) is 13.7 Å². The van der Waals surface area contributed by atoms with Crippen LogP contribution in [0.25, 0.3) is 0 Å². The maximum atomic E-state index is 12.0. The molecule has 3 N–H and O–H groups in total. The van der Waals surface area contributed by atoms with E-state index >= 15 is 0 Å². The second-order valence-electron chi connectivity index (χ2n) is 3.68. The third-order valence-corrected chi connectivity index (χ3v) is 3.88. The van der Waals surface area contributed by atoms with Crippen molar-refractivity contribution in [1.82, 2.24) is 4.72 Å². The molecule has 6 nitrogen and oxygen atoms in total. The van der Waals surface area contributed by atoms with Gasteiger partial charge in [-0.15, -0.1) is 0 Å². The molecule has 0 aliphatic carbocycles. The molecular weight excluding hydrogens is 256 g/mol. The smallest absolute Gasteiger partial charge is 0.240 e. The molecule has 7 heteroatoms. The molecule has 0 heterocycles. The minimum Gasteiger partial charge on any atom is -0.497 e. The zero-order valence-corrected chi connectivity index (χ0v) is 11.2. The van der Waals surface area contributed by atoms with Crippen LogP contribution >= 0.6 is 0 Å². The van der Waals surface area contributed by atoms with Crippen molar-refractivity contribution in [2.24, 2.45) is 5.73 Å². The number of rotatable bonds is 7. The summed E-state index contributed by atoms with van der Waals surface area (Å²) in [6, 6.07) is 5.68. The molecule has 0 saturated carbocycles. The van der Waals surface area contributed by atoms with Gasteiger partial charge in [0.15, 0.2) is 0 Å². The van der Waals surface area contributed by atoms with E-state index in [1.807, 2.05) is 0 Å². The Hall–Kier alpha value is -1.15. The van der Waals surface area contributed by atoms with Crippen molar-refractivity contribution >= 4 is 10.0 Å². The van der Waals surface area contributed by atoms with Crippen LogP contribution in [0.15, 0.2) is 29.2 Å². The van der Waals surface area contributed by atoms with Crippen LogP contribution in [0.2, 0.25) is 0 Å². The lowest BCUT2D eigenvalue weighted by Gasteiger charge is -2.16. The van der Waals surface area contributed by atoms with Gasteiger partial charge in [0.05, 0.1) is 24.7 Å². The molecule has 1 unspecified atom stereocenters. The maximum Gasteiger partial charge on any atom is 0.240 e. The molecule has 0 saturated heterocycles. The van der Waals surface area contributed by atoms with Crippen molar-refractivity contribution in [3.05, 3.63) is 24.3 Å². The van der Waals surface area contributed by atoms with Crippen LogP contribution in [0.1, 0.15) is 0 Å². The van der Waals surface area contributed by atoms with Crippen molar-refractivity contribution in [3.63, 3.8) is 0 Å². The molecule has 1 aromatic carbocycles. The highest BCUT2D eigenvalue weighted by molar-refractivity contribution is 7.89. The van der Waals surface area contributed by atoms with Crippen LogP contribution in [-0.4, -0.2) is 41.8 Å². The lowest BCUT2D eigenvalue weighted by atomic mass is 10.3. The first-order valence-electron chi connectivity index (χ1n) is 5.39. The van der Waals surface area contributed by atoms with Gasteiger partial charge in [-0.05, 0) is 24.3 Å². The van der Waals surface area contributed by atoms with Crippen molar-refractivity contribution < 1.29 is 17.9 Å². The minimum atomic E-state index is -3.58. The first-order valence-corrected chi connectivity index (χ1v) is 6.87. The van der Waals surface area contributed by atoms with E-state index in [0.717, 1.165) is 0 Å². The Balaban J connectivity index is 2.84. The van der Waals surface area contributed by atoms with Gasteiger partial charge in [0.2, 0.25) is 10.0 Å². The highest BCUT2D eigenvalue weighted by atomic mass is 32.2. The number of benzene rings is 1. The van der Waals surface area contributed by atoms with Gasteiger partial charge in [-0.3, -0.25) is 0 Å². The summed E-state index contributed by atoms with van der Waals surface area (Å²) in [5.41, 5.74) is 5.46. The molecule has 0 amide bonds. The molecule has 0 fully saturated rings. The Labute approximate surface area is 107 Å². The van der Waals surface area contributed by atoms with Crippen molar-refractivity contribution in [3.8, 4) is 5.75 Å². The molecule has 18 heavy (non-hydrogen) atoms. The van der Waals surface area contributed by atoms with Gasteiger partial charge >= 0.3 is 0 Å². The van der Waals surface area contributed by atoms with Crippen molar-refractivity contribution in [2.45, 2.75) is 10.9 Å². The molecule has 102 valence electrons. The van der Waals surface area contributed by atoms with E-state index in [2.05, 4.69) is 4.72 Å². The number of sulfonamides is 1. The fourth-order valence-corrected chi connectivity index (χ4v) is 2.63. The minimum absolute atomic E-state index is 0.165. The second-order valence-corrected chi connectivity index (χ2v) is 5.40. The standard InChI is InChI=1S/C11H18N2O4S/c1-16-8-9(7-12)13-18(14,15)11-5-3-10(17-2)4-6-11/h3-6,9,13H,7-8,12H2,1-2H3. The summed E-state index contributed by atoms with van der Waals surface area (Å²) in [6.45, 7) is 0.398. The third-order valence-electron chi connectivity index (χ3n) is 2.34. The van der Waals surface area contributed by atoms with E-state index in [0.29, 0.717) is 5.75 Å². The summed E-state index contributed by atoms with van der Waals surface area (Å²) in [5.74, 6) is 0.598. The van der Waals surface area contributed by atoms with E-state index in [9.17, 15) is 8.42 Å². The first kappa shape index (κ1) is 14.9. The monoisotopic (exact) mass is 274 g/mol. The topological polar surface area (TPSA) is 90.6 Å². The lowest BCUT2D eigenvalue weighted by molar-refractivity contribution is 0.177. The van der Waals surface area contributed by atoms with E-state index in [1.165, 1.54) is 26.4 Å². The Kier molecular flexibility index (Phi) is 5.54. The van der Waals surface area contributed by atoms with E-state index in [4.69, 9.17) is 15.2 Å². The van der Waals surface area contributed by atoms with E-state index in [-0.39, 0.29) is 18.0 Å². The van der Waals surface area contributed by atoms with Gasteiger partial charge in [-0.2, -0.15) is 0 Å². The van der Waals surface area contributed by atoms with Gasteiger partial charge in [-0.1, -0.05) is 0 Å². The molecule has 0 aliphatic heterocycles. The summed E-state index contributed by atoms with van der Waals surface area (Å²) in [7, 11) is -0.575. The molecule has 1 rings (SSSR count). The molecular formula is C11H18N2O4S. The van der Waals surface area contributed by atoms with Crippen LogP contribution in [0.4, 0.5) is 0 Å². The van der Waals surface area contributed by atoms with Gasteiger partial charge in [0.1, 0.15) is 5.75 Å². The van der Waals surface area contributed by atoms with Gasteiger partial charge in [-0.25, -0.2) is 13.1 Å². The Morgan fingerprint density at radius 2 is 1.89 bits per heavy atom. The Morgan fingerprint density at radius 1 is 1.28 bits per heavy atom. The average molecular weight is 274 g/mol. The quantitative estimate of drug-likeness (QED) is 0.727. The Morgan fingerprint density at radius 3 is 2.33 bits per heavy atom. The zero-order chi connectivity index (χ0) is 13.6. The zero-order valence-electron chi connectivity index (χ0n) is 10.4. The summed E-state index contributed by atoms with van der Waals surface area (Å²) >= 11 is 0. The van der Waals surface area contributed by atoms with Crippen LogP contribution in [0.5, 0.6) is 5.75 Å². The Bertz CT molecular complexity index is 458. The van der Waals surface area contributed by atoms with Crippen LogP contribution in [0, 0.1) is 0 Å². The van der Waals surface area contributed by atoms with E-state index in [1.54, 1.807) is 12.1 Å². The number of ether oxygens (including phenoxy) is 2. The SMILES string of the molecule is COCC(CN)NS(=O)(=O)c1ccc(OC)cc1. The number of hydrogen-bond acceptors (Lipinski definition) is 5. The number of nitrogens with two attached hydrogens (primary N) is 1. The first-order chi connectivity index (χ1) is 8.53. The van der Waals surface area contributed by atoms with Crippen LogP contribution < -0.4 is 15.2 Å². The summed E-state index contributed by atoms with van der Waals surface area (Å²) < 4.78 is 36.4. The predicted octanol–water partition coefficient (Wildman–Crippen LogP) is -0.0528. The van der Waals surface area contributed by atoms with Crippen LogP contribution in [-0.2, 0) is 14.8 Å². The molecule has 0 spiro atoms. The fraction of sp³-hybridized carbons (Fsp3) is 0.455. The highest BCUT2D eigenvalue weighted by Crippen LogP contribution is 2.15. The number of methoxy groups -OCH3 is 2. The average Bonchev–Trinajstić information content (AvgIpc) is 2.38. The molecule has 0 radical (unpaired) electrons. The largest absolute Gasteiger partial charge is 0.497 e. The number of hydrogen-bond donors (Lipinski definition) is 2. The van der Waals surface area contributed by atoms with Gasteiger partial charge < -0.3 is 15.2 Å². The molecule has 1 aromatic rings. The third kappa shape index (κ3) is 3.95. The van der Waals surface area contributed by atoms with E-state index < -0.39 is 16.1 Å².